The van der Waals surface area contributed by atoms with E-state index in [1.165, 1.54) is 0 Å². The number of amides is 1. The summed E-state index contributed by atoms with van der Waals surface area (Å²) < 4.78 is 3.17. The van der Waals surface area contributed by atoms with Crippen LogP contribution < -0.4 is 5.32 Å². The van der Waals surface area contributed by atoms with Crippen molar-refractivity contribution < 1.29 is 4.79 Å². The molecule has 0 saturated carbocycles. The van der Waals surface area contributed by atoms with Crippen molar-refractivity contribution in [3.05, 3.63) is 71.3 Å². The van der Waals surface area contributed by atoms with Crippen molar-refractivity contribution in [2.24, 2.45) is 0 Å². The predicted octanol–water partition coefficient (Wildman–Crippen LogP) is 4.77. The zero-order chi connectivity index (χ0) is 16.4. The van der Waals surface area contributed by atoms with Crippen molar-refractivity contribution in [3.63, 3.8) is 0 Å². The molecule has 0 bridgehead atoms. The number of hydrogen-bond acceptors (Lipinski definition) is 2. The van der Waals surface area contributed by atoms with E-state index in [0.717, 1.165) is 21.4 Å². The molecule has 1 atom stereocenters. The summed E-state index contributed by atoms with van der Waals surface area (Å²) in [6.45, 7) is 8.62. The topological polar surface area (TPSA) is 34.0 Å². The van der Waals surface area contributed by atoms with Crippen LogP contribution in [0.2, 0.25) is 0 Å². The monoisotopic (exact) mass is 324 g/mol. The van der Waals surface area contributed by atoms with Crippen molar-refractivity contribution in [1.82, 2.24) is 9.88 Å². The van der Waals surface area contributed by atoms with Gasteiger partial charge in [0.2, 0.25) is 0 Å². The Morgan fingerprint density at radius 1 is 1.30 bits per heavy atom. The molecule has 3 rings (SSSR count). The highest BCUT2D eigenvalue weighted by atomic mass is 32.1. The van der Waals surface area contributed by atoms with Gasteiger partial charge in [0.15, 0.2) is 0 Å². The molecule has 0 fully saturated rings. The van der Waals surface area contributed by atoms with Crippen LogP contribution in [0.1, 0.15) is 35.9 Å². The maximum absolute atomic E-state index is 12.7. The maximum atomic E-state index is 12.7. The lowest BCUT2D eigenvalue weighted by atomic mass is 10.1. The van der Waals surface area contributed by atoms with E-state index in [9.17, 15) is 4.79 Å². The second kappa shape index (κ2) is 6.42. The summed E-state index contributed by atoms with van der Waals surface area (Å²) in [6.07, 6.45) is 0. The second-order valence-electron chi connectivity index (χ2n) is 5.85. The van der Waals surface area contributed by atoms with Gasteiger partial charge in [-0.2, -0.15) is 0 Å². The Bertz CT molecular complexity index is 845. The zero-order valence-corrected chi connectivity index (χ0v) is 14.2. The van der Waals surface area contributed by atoms with Gasteiger partial charge in [0.25, 0.3) is 5.91 Å². The van der Waals surface area contributed by atoms with Gasteiger partial charge >= 0.3 is 0 Å². The standard InChI is InChI=1S/C19H20N2OS/c1-13(2)12-21-16-9-10-23-18(16)11-17(21)19(22)20-14(3)15-7-5-4-6-8-15/h4-11,14H,1,12H2,2-3H3,(H,20,22)/t14-/m0/s1. The van der Waals surface area contributed by atoms with E-state index >= 15 is 0 Å². The number of allylic oxidation sites excluding steroid dienone is 1. The van der Waals surface area contributed by atoms with Crippen LogP contribution in [0.5, 0.6) is 0 Å². The molecule has 3 aromatic rings. The van der Waals surface area contributed by atoms with E-state index in [0.29, 0.717) is 12.2 Å². The first kappa shape index (κ1) is 15.6. The number of nitrogens with zero attached hydrogens (tertiary/aromatic N) is 1. The molecule has 3 nitrogen and oxygen atoms in total. The fourth-order valence-electron chi connectivity index (χ4n) is 2.70. The summed E-state index contributed by atoms with van der Waals surface area (Å²) >= 11 is 1.65. The fourth-order valence-corrected chi connectivity index (χ4v) is 3.52. The van der Waals surface area contributed by atoms with Crippen molar-refractivity contribution >= 4 is 27.5 Å². The number of carbonyl (C=O) groups is 1. The summed E-state index contributed by atoms with van der Waals surface area (Å²) in [5, 5.41) is 5.14. The highest BCUT2D eigenvalue weighted by Crippen LogP contribution is 2.26. The molecule has 2 aromatic heterocycles. The van der Waals surface area contributed by atoms with E-state index < -0.39 is 0 Å². The summed E-state index contributed by atoms with van der Waals surface area (Å²) in [6, 6.07) is 14.0. The van der Waals surface area contributed by atoms with Crippen LogP contribution in [0, 0.1) is 0 Å². The first-order valence-corrected chi connectivity index (χ1v) is 8.51. The minimum atomic E-state index is -0.0500. The van der Waals surface area contributed by atoms with Crippen LogP contribution in [-0.4, -0.2) is 10.5 Å². The highest BCUT2D eigenvalue weighted by molar-refractivity contribution is 7.17. The van der Waals surface area contributed by atoms with Gasteiger partial charge in [-0.3, -0.25) is 4.79 Å². The lowest BCUT2D eigenvalue weighted by molar-refractivity contribution is 0.0931. The molecule has 1 aromatic carbocycles. The Morgan fingerprint density at radius 2 is 2.04 bits per heavy atom. The maximum Gasteiger partial charge on any atom is 0.268 e. The van der Waals surface area contributed by atoms with Crippen molar-refractivity contribution in [1.29, 1.82) is 0 Å². The number of fused-ring (bicyclic) bond motifs is 1. The molecule has 0 aliphatic heterocycles. The lowest BCUT2D eigenvalue weighted by Gasteiger charge is -2.16. The molecular formula is C19H20N2OS. The Balaban J connectivity index is 1.88. The van der Waals surface area contributed by atoms with Gasteiger partial charge in [-0.05, 0) is 36.9 Å². The lowest BCUT2D eigenvalue weighted by Crippen LogP contribution is -2.28. The molecule has 2 heterocycles. The fraction of sp³-hybridized carbons (Fsp3) is 0.211. The molecule has 0 saturated heterocycles. The van der Waals surface area contributed by atoms with Crippen LogP contribution in [0.25, 0.3) is 10.2 Å². The van der Waals surface area contributed by atoms with E-state index in [1.54, 1.807) is 11.3 Å². The molecule has 1 N–H and O–H groups in total. The van der Waals surface area contributed by atoms with Crippen LogP contribution in [-0.2, 0) is 6.54 Å². The number of rotatable bonds is 5. The van der Waals surface area contributed by atoms with Gasteiger partial charge in [0, 0.05) is 6.54 Å². The summed E-state index contributed by atoms with van der Waals surface area (Å²) in [4.78, 5) is 12.7. The first-order chi connectivity index (χ1) is 11.1. The number of thiophene rings is 1. The van der Waals surface area contributed by atoms with Crippen molar-refractivity contribution in [2.75, 3.05) is 0 Å². The Labute approximate surface area is 140 Å². The van der Waals surface area contributed by atoms with Gasteiger partial charge in [0.1, 0.15) is 5.69 Å². The van der Waals surface area contributed by atoms with Gasteiger partial charge in [0.05, 0.1) is 16.3 Å². The molecule has 0 aliphatic carbocycles. The minimum Gasteiger partial charge on any atom is -0.344 e. The van der Waals surface area contributed by atoms with Gasteiger partial charge < -0.3 is 9.88 Å². The smallest absolute Gasteiger partial charge is 0.268 e. The quantitative estimate of drug-likeness (QED) is 0.674. The van der Waals surface area contributed by atoms with Crippen molar-refractivity contribution in [2.45, 2.75) is 26.4 Å². The minimum absolute atomic E-state index is 0.0325. The predicted molar refractivity (Wildman–Crippen MR) is 97.0 cm³/mol. The number of benzene rings is 1. The van der Waals surface area contributed by atoms with Gasteiger partial charge in [-0.15, -0.1) is 11.3 Å². The third-order valence-electron chi connectivity index (χ3n) is 3.83. The number of nitrogens with one attached hydrogen (secondary N) is 1. The average molecular weight is 324 g/mol. The molecule has 118 valence electrons. The Morgan fingerprint density at radius 3 is 2.74 bits per heavy atom. The van der Waals surface area contributed by atoms with E-state index in [4.69, 9.17) is 0 Å². The first-order valence-electron chi connectivity index (χ1n) is 7.63. The molecule has 23 heavy (non-hydrogen) atoms. The molecule has 1 amide bonds. The van der Waals surface area contributed by atoms with E-state index in [-0.39, 0.29) is 11.9 Å². The van der Waals surface area contributed by atoms with Gasteiger partial charge in [-0.25, -0.2) is 0 Å². The van der Waals surface area contributed by atoms with Gasteiger partial charge in [-0.1, -0.05) is 42.5 Å². The zero-order valence-electron chi connectivity index (χ0n) is 13.4. The molecular weight excluding hydrogens is 304 g/mol. The molecule has 0 spiro atoms. The molecule has 0 aliphatic rings. The average Bonchev–Trinajstić information content (AvgIpc) is 3.10. The largest absolute Gasteiger partial charge is 0.344 e. The van der Waals surface area contributed by atoms with E-state index in [2.05, 4.69) is 18.0 Å². The third-order valence-corrected chi connectivity index (χ3v) is 4.68. The number of hydrogen-bond donors (Lipinski definition) is 1. The summed E-state index contributed by atoms with van der Waals surface area (Å²) in [5.74, 6) is -0.0500. The number of aromatic nitrogens is 1. The van der Waals surface area contributed by atoms with Crippen LogP contribution in [0.4, 0.5) is 0 Å². The normalized spacial score (nSPS) is 12.3. The Kier molecular flexibility index (Phi) is 4.35. The van der Waals surface area contributed by atoms with Crippen LogP contribution >= 0.6 is 11.3 Å². The summed E-state index contributed by atoms with van der Waals surface area (Å²) in [7, 11) is 0. The van der Waals surface area contributed by atoms with E-state index in [1.807, 2.05) is 60.2 Å². The summed E-state index contributed by atoms with van der Waals surface area (Å²) in [5.41, 5.74) is 3.91. The third kappa shape index (κ3) is 3.22. The SMILES string of the molecule is C=C(C)Cn1c(C(=O)N[C@@H](C)c2ccccc2)cc2sccc21. The molecule has 0 radical (unpaired) electrons. The van der Waals surface area contributed by atoms with Crippen LogP contribution in [0.15, 0.2) is 60.0 Å². The Hall–Kier alpha value is -2.33. The number of carbonyl (C=O) groups excluding carboxylic acids is 1. The van der Waals surface area contributed by atoms with Crippen molar-refractivity contribution in [3.8, 4) is 0 Å². The second-order valence-corrected chi connectivity index (χ2v) is 6.80. The molecule has 0 unspecified atom stereocenters. The van der Waals surface area contributed by atoms with Crippen LogP contribution in [0.3, 0.4) is 0 Å². The molecule has 4 heteroatoms. The highest BCUT2D eigenvalue weighted by Gasteiger charge is 2.18.